The Morgan fingerprint density at radius 1 is 1.36 bits per heavy atom. The van der Waals surface area contributed by atoms with Crippen molar-refractivity contribution in [1.82, 2.24) is 9.55 Å². The predicted molar refractivity (Wildman–Crippen MR) is 86.4 cm³/mol. The van der Waals surface area contributed by atoms with Crippen molar-refractivity contribution in [1.29, 1.82) is 0 Å². The highest BCUT2D eigenvalue weighted by Crippen LogP contribution is 2.18. The second-order valence-corrected chi connectivity index (χ2v) is 5.92. The van der Waals surface area contributed by atoms with Crippen LogP contribution in [-0.2, 0) is 6.54 Å². The van der Waals surface area contributed by atoms with Crippen molar-refractivity contribution in [2.24, 2.45) is 0 Å². The van der Waals surface area contributed by atoms with Crippen LogP contribution in [0.4, 0.5) is 10.2 Å². The molecule has 1 N–H and O–H groups in total. The van der Waals surface area contributed by atoms with Gasteiger partial charge in [-0.05, 0) is 29.6 Å². The van der Waals surface area contributed by atoms with E-state index in [4.69, 9.17) is 11.6 Å². The van der Waals surface area contributed by atoms with Crippen LogP contribution in [0, 0.1) is 5.82 Å². The number of hydrogen-bond donors (Lipinski definition) is 1. The van der Waals surface area contributed by atoms with Gasteiger partial charge < -0.3 is 5.32 Å². The first-order valence-electron chi connectivity index (χ1n) is 6.44. The van der Waals surface area contributed by atoms with Gasteiger partial charge in [-0.1, -0.05) is 17.7 Å². The number of nitrogens with one attached hydrogen (secondary N) is 1. The molecule has 0 bridgehead atoms. The predicted octanol–water partition coefficient (Wildman–Crippen LogP) is 3.70. The normalized spacial score (nSPS) is 10.6. The lowest BCUT2D eigenvalue weighted by molar-refractivity contribution is 0.627. The molecule has 0 atom stereocenters. The summed E-state index contributed by atoms with van der Waals surface area (Å²) >= 11 is 7.36. The third kappa shape index (κ3) is 3.03. The zero-order chi connectivity index (χ0) is 15.5. The van der Waals surface area contributed by atoms with Crippen molar-refractivity contribution < 1.29 is 4.39 Å². The van der Waals surface area contributed by atoms with Crippen LogP contribution in [0.15, 0.2) is 52.9 Å². The molecule has 7 heteroatoms. The monoisotopic (exact) mass is 335 g/mol. The third-order valence-electron chi connectivity index (χ3n) is 3.03. The van der Waals surface area contributed by atoms with E-state index in [1.165, 1.54) is 35.2 Å². The third-order valence-corrected chi connectivity index (χ3v) is 4.20. The lowest BCUT2D eigenvalue weighted by Crippen LogP contribution is -2.22. The number of aromatic nitrogens is 2. The first-order valence-corrected chi connectivity index (χ1v) is 7.70. The molecule has 0 aliphatic rings. The molecule has 112 valence electrons. The summed E-state index contributed by atoms with van der Waals surface area (Å²) in [6, 6.07) is 8.04. The van der Waals surface area contributed by atoms with E-state index < -0.39 is 5.82 Å². The van der Waals surface area contributed by atoms with Crippen LogP contribution in [0.5, 0.6) is 0 Å². The minimum atomic E-state index is -0.524. The summed E-state index contributed by atoms with van der Waals surface area (Å²) in [5, 5.41) is 4.94. The van der Waals surface area contributed by atoms with Crippen LogP contribution in [0.25, 0.3) is 5.69 Å². The lowest BCUT2D eigenvalue weighted by Gasteiger charge is -2.09. The van der Waals surface area contributed by atoms with E-state index in [1.807, 2.05) is 17.5 Å². The molecule has 0 saturated carbocycles. The zero-order valence-corrected chi connectivity index (χ0v) is 12.9. The number of halogens is 2. The van der Waals surface area contributed by atoms with Crippen LogP contribution in [-0.4, -0.2) is 9.55 Å². The van der Waals surface area contributed by atoms with E-state index in [1.54, 1.807) is 11.3 Å². The Labute approximate surface area is 134 Å². The average Bonchev–Trinajstić information content (AvgIpc) is 3.02. The molecule has 3 rings (SSSR count). The molecule has 0 spiro atoms. The molecule has 0 saturated heterocycles. The standard InChI is InChI=1S/C15H11ClFN3OS/c16-12-8-10(3-4-13(12)17)20-6-5-18-14(15(20)21)19-9-11-2-1-7-22-11/h1-8H,9H2,(H,18,19). The number of anilines is 1. The summed E-state index contributed by atoms with van der Waals surface area (Å²) in [4.78, 5) is 17.6. The van der Waals surface area contributed by atoms with Crippen molar-refractivity contribution in [3.05, 3.63) is 74.2 Å². The Balaban J connectivity index is 1.91. The number of rotatable bonds is 4. The van der Waals surface area contributed by atoms with Gasteiger partial charge >= 0.3 is 0 Å². The highest BCUT2D eigenvalue weighted by Gasteiger charge is 2.08. The Kier molecular flexibility index (Phi) is 4.22. The fourth-order valence-corrected chi connectivity index (χ4v) is 2.77. The van der Waals surface area contributed by atoms with Crippen LogP contribution in [0.2, 0.25) is 5.02 Å². The topological polar surface area (TPSA) is 46.9 Å². The van der Waals surface area contributed by atoms with E-state index in [2.05, 4.69) is 10.3 Å². The summed E-state index contributed by atoms with van der Waals surface area (Å²) < 4.78 is 14.6. The molecule has 3 aromatic rings. The SMILES string of the molecule is O=c1c(NCc2cccs2)nccn1-c1ccc(F)c(Cl)c1. The van der Waals surface area contributed by atoms with Crippen molar-refractivity contribution in [3.8, 4) is 5.69 Å². The van der Waals surface area contributed by atoms with Gasteiger partial charge in [0.1, 0.15) is 5.82 Å². The van der Waals surface area contributed by atoms with E-state index in [9.17, 15) is 9.18 Å². The molecule has 22 heavy (non-hydrogen) atoms. The number of benzene rings is 1. The van der Waals surface area contributed by atoms with Gasteiger partial charge in [0.15, 0.2) is 5.82 Å². The summed E-state index contributed by atoms with van der Waals surface area (Å²) in [6.07, 6.45) is 3.03. The Morgan fingerprint density at radius 2 is 2.23 bits per heavy atom. The molecule has 0 unspecified atom stereocenters. The van der Waals surface area contributed by atoms with E-state index in [0.717, 1.165) is 4.88 Å². The minimum Gasteiger partial charge on any atom is -0.361 e. The van der Waals surface area contributed by atoms with Crippen LogP contribution in [0.1, 0.15) is 4.88 Å². The number of nitrogens with zero attached hydrogens (tertiary/aromatic N) is 2. The molecule has 0 radical (unpaired) electrons. The molecule has 1 aromatic carbocycles. The van der Waals surface area contributed by atoms with Gasteiger partial charge in [0.25, 0.3) is 5.56 Å². The first-order chi connectivity index (χ1) is 10.6. The maximum Gasteiger partial charge on any atom is 0.297 e. The highest BCUT2D eigenvalue weighted by molar-refractivity contribution is 7.09. The first kappa shape index (κ1) is 14.7. The molecule has 2 aromatic heterocycles. The summed E-state index contributed by atoms with van der Waals surface area (Å²) in [5.41, 5.74) is 0.166. The Hall–Kier alpha value is -2.18. The molecule has 0 amide bonds. The maximum atomic E-state index is 13.2. The van der Waals surface area contributed by atoms with Crippen LogP contribution in [0.3, 0.4) is 0 Å². The fraction of sp³-hybridized carbons (Fsp3) is 0.0667. The van der Waals surface area contributed by atoms with E-state index in [0.29, 0.717) is 12.2 Å². The van der Waals surface area contributed by atoms with Gasteiger partial charge in [0, 0.05) is 17.3 Å². The maximum absolute atomic E-state index is 13.2. The molecule has 2 heterocycles. The minimum absolute atomic E-state index is 0.0330. The van der Waals surface area contributed by atoms with Gasteiger partial charge in [-0.3, -0.25) is 9.36 Å². The van der Waals surface area contributed by atoms with Crippen molar-refractivity contribution in [2.45, 2.75) is 6.54 Å². The van der Waals surface area contributed by atoms with Crippen molar-refractivity contribution in [2.75, 3.05) is 5.32 Å². The highest BCUT2D eigenvalue weighted by atomic mass is 35.5. The van der Waals surface area contributed by atoms with Crippen LogP contribution >= 0.6 is 22.9 Å². The zero-order valence-electron chi connectivity index (χ0n) is 11.3. The summed E-state index contributed by atoms with van der Waals surface area (Å²) in [5.74, 6) is -0.292. The van der Waals surface area contributed by atoms with Gasteiger partial charge in [-0.15, -0.1) is 11.3 Å². The molecule has 0 fully saturated rings. The Bertz CT molecular complexity index is 848. The molecule has 4 nitrogen and oxygen atoms in total. The summed E-state index contributed by atoms with van der Waals surface area (Å²) in [6.45, 7) is 0.522. The quantitative estimate of drug-likeness (QED) is 0.790. The lowest BCUT2D eigenvalue weighted by atomic mass is 10.3. The second-order valence-electron chi connectivity index (χ2n) is 4.48. The van der Waals surface area contributed by atoms with Crippen molar-refractivity contribution in [3.63, 3.8) is 0 Å². The number of hydrogen-bond acceptors (Lipinski definition) is 4. The smallest absolute Gasteiger partial charge is 0.297 e. The van der Waals surface area contributed by atoms with Crippen molar-refractivity contribution >= 4 is 28.8 Å². The second kappa shape index (κ2) is 6.29. The number of thiophene rings is 1. The van der Waals surface area contributed by atoms with Gasteiger partial charge in [-0.2, -0.15) is 0 Å². The van der Waals surface area contributed by atoms with E-state index >= 15 is 0 Å². The molecular weight excluding hydrogens is 325 g/mol. The van der Waals surface area contributed by atoms with E-state index in [-0.39, 0.29) is 16.4 Å². The molecule has 0 aliphatic carbocycles. The fourth-order valence-electron chi connectivity index (χ4n) is 1.96. The molecular formula is C15H11ClFN3OS. The molecule has 0 aliphatic heterocycles. The van der Waals surface area contributed by atoms with Gasteiger partial charge in [0.05, 0.1) is 17.3 Å². The largest absolute Gasteiger partial charge is 0.361 e. The van der Waals surface area contributed by atoms with Gasteiger partial charge in [-0.25, -0.2) is 9.37 Å². The Morgan fingerprint density at radius 3 is 2.95 bits per heavy atom. The average molecular weight is 336 g/mol. The van der Waals surface area contributed by atoms with Crippen LogP contribution < -0.4 is 10.9 Å². The van der Waals surface area contributed by atoms with Gasteiger partial charge in [0.2, 0.25) is 0 Å². The summed E-state index contributed by atoms with van der Waals surface area (Å²) in [7, 11) is 0.